The minimum atomic E-state index is 0.731. The molecule has 4 nitrogen and oxygen atoms in total. The van der Waals surface area contributed by atoms with Crippen LogP contribution < -0.4 is 5.32 Å². The van der Waals surface area contributed by atoms with Crippen molar-refractivity contribution in [1.29, 1.82) is 0 Å². The molecule has 0 fully saturated rings. The van der Waals surface area contributed by atoms with Crippen LogP contribution in [-0.4, -0.2) is 36.0 Å². The summed E-state index contributed by atoms with van der Waals surface area (Å²) in [6.07, 6.45) is 4.35. The van der Waals surface area contributed by atoms with E-state index in [9.17, 15) is 0 Å². The summed E-state index contributed by atoms with van der Waals surface area (Å²) in [4.78, 5) is 11.3. The van der Waals surface area contributed by atoms with E-state index in [-0.39, 0.29) is 0 Å². The first-order chi connectivity index (χ1) is 11.8. The number of thiazole rings is 1. The van der Waals surface area contributed by atoms with E-state index in [1.54, 1.807) is 11.3 Å². The van der Waals surface area contributed by atoms with Crippen LogP contribution in [0.4, 0.5) is 0 Å². The summed E-state index contributed by atoms with van der Waals surface area (Å²) < 4.78 is 0. The first-order valence-electron chi connectivity index (χ1n) is 8.43. The standard InChI is InChI=1S/C19H24N4S/c1-3-18-22-17(14-24-18)13-21-19(20-2)23-11-9-16(10-12-23)15-7-5-4-6-8-15/h4-9,14H,3,10-13H2,1-2H3,(H,20,21). The zero-order valence-corrected chi connectivity index (χ0v) is 15.1. The molecule has 0 saturated heterocycles. The molecule has 0 bridgehead atoms. The van der Waals surface area contributed by atoms with Gasteiger partial charge in [0.05, 0.1) is 17.2 Å². The number of aliphatic imine (C=N–C) groups is 1. The molecule has 0 unspecified atom stereocenters. The first kappa shape index (κ1) is 16.7. The summed E-state index contributed by atoms with van der Waals surface area (Å²) in [5, 5.41) is 6.76. The molecule has 0 aliphatic carbocycles. The highest BCUT2D eigenvalue weighted by Gasteiger charge is 2.16. The van der Waals surface area contributed by atoms with E-state index in [1.807, 2.05) is 7.05 Å². The summed E-state index contributed by atoms with van der Waals surface area (Å²) in [6.45, 7) is 4.74. The molecule has 1 aliphatic rings. The number of guanidine groups is 1. The number of nitrogens with one attached hydrogen (secondary N) is 1. The molecule has 2 heterocycles. The van der Waals surface area contributed by atoms with Crippen molar-refractivity contribution in [3.63, 3.8) is 0 Å². The highest BCUT2D eigenvalue weighted by Crippen LogP contribution is 2.22. The second-order valence-corrected chi connectivity index (χ2v) is 6.72. The minimum Gasteiger partial charge on any atom is -0.351 e. The van der Waals surface area contributed by atoms with Gasteiger partial charge in [-0.3, -0.25) is 4.99 Å². The van der Waals surface area contributed by atoms with Gasteiger partial charge < -0.3 is 10.2 Å². The van der Waals surface area contributed by atoms with Crippen LogP contribution in [0.25, 0.3) is 5.57 Å². The molecule has 126 valence electrons. The average molecular weight is 340 g/mol. The number of rotatable bonds is 4. The van der Waals surface area contributed by atoms with E-state index in [4.69, 9.17) is 0 Å². The highest BCUT2D eigenvalue weighted by atomic mass is 32.1. The first-order valence-corrected chi connectivity index (χ1v) is 9.31. The fraction of sp³-hybridized carbons (Fsp3) is 0.368. The van der Waals surface area contributed by atoms with Gasteiger partial charge >= 0.3 is 0 Å². The Morgan fingerprint density at radius 3 is 2.79 bits per heavy atom. The molecule has 1 aromatic carbocycles. The van der Waals surface area contributed by atoms with Gasteiger partial charge in [0, 0.05) is 25.5 Å². The van der Waals surface area contributed by atoms with Gasteiger partial charge in [-0.05, 0) is 24.0 Å². The van der Waals surface area contributed by atoms with Crippen molar-refractivity contribution in [3.05, 3.63) is 58.1 Å². The van der Waals surface area contributed by atoms with Crippen LogP contribution in [0.2, 0.25) is 0 Å². The number of nitrogens with zero attached hydrogens (tertiary/aromatic N) is 3. The lowest BCUT2D eigenvalue weighted by Crippen LogP contribution is -2.43. The summed E-state index contributed by atoms with van der Waals surface area (Å²) in [7, 11) is 1.84. The predicted molar refractivity (Wildman–Crippen MR) is 102 cm³/mol. The summed E-state index contributed by atoms with van der Waals surface area (Å²) in [6, 6.07) is 10.6. The second-order valence-electron chi connectivity index (χ2n) is 5.78. The van der Waals surface area contributed by atoms with Crippen molar-refractivity contribution >= 4 is 22.9 Å². The Labute approximate surface area is 148 Å². The van der Waals surface area contributed by atoms with Gasteiger partial charge in [0.2, 0.25) is 0 Å². The van der Waals surface area contributed by atoms with E-state index in [1.165, 1.54) is 16.1 Å². The number of hydrogen-bond donors (Lipinski definition) is 1. The highest BCUT2D eigenvalue weighted by molar-refractivity contribution is 7.09. The third-order valence-corrected chi connectivity index (χ3v) is 5.24. The molecule has 0 amide bonds. The van der Waals surface area contributed by atoms with Gasteiger partial charge in [-0.1, -0.05) is 43.3 Å². The lowest BCUT2D eigenvalue weighted by atomic mass is 10.00. The van der Waals surface area contributed by atoms with Gasteiger partial charge in [-0.2, -0.15) is 0 Å². The number of hydrogen-bond acceptors (Lipinski definition) is 3. The number of benzene rings is 1. The lowest BCUT2D eigenvalue weighted by molar-refractivity contribution is 0.439. The molecule has 24 heavy (non-hydrogen) atoms. The SMILES string of the molecule is CCc1nc(CNC(=NC)N2CC=C(c3ccccc3)CC2)cs1. The van der Waals surface area contributed by atoms with E-state index < -0.39 is 0 Å². The Balaban J connectivity index is 1.58. The minimum absolute atomic E-state index is 0.731. The molecule has 2 aromatic rings. The third-order valence-electron chi connectivity index (χ3n) is 4.19. The molecule has 0 saturated carbocycles. The Kier molecular flexibility index (Phi) is 5.64. The fourth-order valence-corrected chi connectivity index (χ4v) is 3.62. The molecule has 0 atom stereocenters. The molecule has 1 aromatic heterocycles. The van der Waals surface area contributed by atoms with Crippen molar-refractivity contribution in [2.45, 2.75) is 26.3 Å². The lowest BCUT2D eigenvalue weighted by Gasteiger charge is -2.29. The Hall–Kier alpha value is -2.14. The fourth-order valence-electron chi connectivity index (χ4n) is 2.87. The van der Waals surface area contributed by atoms with Crippen LogP contribution in [0.15, 0.2) is 46.8 Å². The van der Waals surface area contributed by atoms with Crippen LogP contribution in [0.1, 0.15) is 29.6 Å². The van der Waals surface area contributed by atoms with Crippen LogP contribution >= 0.6 is 11.3 Å². The van der Waals surface area contributed by atoms with Crippen LogP contribution in [0, 0.1) is 0 Å². The maximum Gasteiger partial charge on any atom is 0.194 e. The van der Waals surface area contributed by atoms with Gasteiger partial charge in [-0.15, -0.1) is 11.3 Å². The van der Waals surface area contributed by atoms with Crippen molar-refractivity contribution < 1.29 is 0 Å². The van der Waals surface area contributed by atoms with Gasteiger partial charge in [-0.25, -0.2) is 4.98 Å². The summed E-state index contributed by atoms with van der Waals surface area (Å²) in [5.74, 6) is 0.949. The molecule has 5 heteroatoms. The van der Waals surface area contributed by atoms with Crippen molar-refractivity contribution in [2.24, 2.45) is 4.99 Å². The Bertz CT molecular complexity index is 718. The molecule has 0 spiro atoms. The second kappa shape index (κ2) is 8.11. The molecule has 1 N–H and O–H groups in total. The maximum absolute atomic E-state index is 4.60. The zero-order chi connectivity index (χ0) is 16.8. The molecule has 3 rings (SSSR count). The Morgan fingerprint density at radius 2 is 2.17 bits per heavy atom. The predicted octanol–water partition coefficient (Wildman–Crippen LogP) is 3.57. The smallest absolute Gasteiger partial charge is 0.194 e. The molecular weight excluding hydrogens is 316 g/mol. The zero-order valence-electron chi connectivity index (χ0n) is 14.3. The van der Waals surface area contributed by atoms with Crippen LogP contribution in [0.5, 0.6) is 0 Å². The van der Waals surface area contributed by atoms with Gasteiger partial charge in [0.1, 0.15) is 0 Å². The van der Waals surface area contributed by atoms with Crippen LogP contribution in [0.3, 0.4) is 0 Å². The quantitative estimate of drug-likeness (QED) is 0.683. The van der Waals surface area contributed by atoms with E-state index in [0.29, 0.717) is 0 Å². The van der Waals surface area contributed by atoms with E-state index in [0.717, 1.165) is 44.1 Å². The molecular formula is C19H24N4S. The van der Waals surface area contributed by atoms with Crippen molar-refractivity contribution in [3.8, 4) is 0 Å². The topological polar surface area (TPSA) is 40.5 Å². The summed E-state index contributed by atoms with van der Waals surface area (Å²) >= 11 is 1.73. The van der Waals surface area contributed by atoms with Crippen LogP contribution in [-0.2, 0) is 13.0 Å². The average Bonchev–Trinajstić information content (AvgIpc) is 3.12. The maximum atomic E-state index is 4.60. The van der Waals surface area contributed by atoms with E-state index in [2.05, 4.69) is 68.9 Å². The third kappa shape index (κ3) is 4.03. The van der Waals surface area contributed by atoms with Crippen molar-refractivity contribution in [1.82, 2.24) is 15.2 Å². The molecule has 0 radical (unpaired) electrons. The van der Waals surface area contributed by atoms with Gasteiger partial charge in [0.15, 0.2) is 5.96 Å². The number of aromatic nitrogens is 1. The Morgan fingerprint density at radius 1 is 1.33 bits per heavy atom. The van der Waals surface area contributed by atoms with Gasteiger partial charge in [0.25, 0.3) is 0 Å². The number of aryl methyl sites for hydroxylation is 1. The normalized spacial score (nSPS) is 15.3. The van der Waals surface area contributed by atoms with E-state index >= 15 is 0 Å². The molecule has 1 aliphatic heterocycles. The van der Waals surface area contributed by atoms with Crippen molar-refractivity contribution in [2.75, 3.05) is 20.1 Å². The monoisotopic (exact) mass is 340 g/mol. The summed E-state index contributed by atoms with van der Waals surface area (Å²) in [5.41, 5.74) is 3.85. The largest absolute Gasteiger partial charge is 0.351 e.